The first kappa shape index (κ1) is 19.2. The molecular weight excluding hydrogens is 358 g/mol. The molecule has 0 spiro atoms. The van der Waals surface area contributed by atoms with E-state index in [2.05, 4.69) is 10.3 Å². The lowest BCUT2D eigenvalue weighted by atomic mass is 9.81. The number of carbonyl (C=O) groups excluding carboxylic acids is 2. The molecule has 152 valence electrons. The molecule has 3 fully saturated rings. The van der Waals surface area contributed by atoms with Crippen LogP contribution in [0, 0.1) is 12.8 Å². The molecule has 3 aliphatic rings. The van der Waals surface area contributed by atoms with Crippen molar-refractivity contribution < 1.29 is 19.1 Å². The van der Waals surface area contributed by atoms with E-state index in [-0.39, 0.29) is 29.9 Å². The molecule has 0 unspecified atom stereocenters. The number of nitrogens with one attached hydrogen (secondary N) is 1. The summed E-state index contributed by atoms with van der Waals surface area (Å²) in [5, 5.41) is 3.17. The molecule has 2 amide bonds. The third kappa shape index (κ3) is 3.72. The fourth-order valence-electron chi connectivity index (χ4n) is 4.50. The predicted octanol–water partition coefficient (Wildman–Crippen LogP) is 2.08. The highest BCUT2D eigenvalue weighted by Gasteiger charge is 2.42. The summed E-state index contributed by atoms with van der Waals surface area (Å²) in [6.07, 6.45) is 7.24. The fourth-order valence-corrected chi connectivity index (χ4v) is 4.50. The Hall–Kier alpha value is -2.15. The van der Waals surface area contributed by atoms with Crippen LogP contribution in [0.5, 0.6) is 5.75 Å². The number of methoxy groups -OCH3 is 1. The smallest absolute Gasteiger partial charge is 0.258 e. The summed E-state index contributed by atoms with van der Waals surface area (Å²) in [6, 6.07) is 2.04. The maximum absolute atomic E-state index is 13.4. The van der Waals surface area contributed by atoms with E-state index in [4.69, 9.17) is 9.47 Å². The van der Waals surface area contributed by atoms with Crippen molar-refractivity contribution in [2.45, 2.75) is 63.6 Å². The summed E-state index contributed by atoms with van der Waals surface area (Å²) < 4.78 is 11.3. The zero-order valence-corrected chi connectivity index (χ0v) is 16.6. The lowest BCUT2D eigenvalue weighted by molar-refractivity contribution is -0.132. The van der Waals surface area contributed by atoms with Crippen molar-refractivity contribution in [3.05, 3.63) is 23.5 Å². The van der Waals surface area contributed by atoms with Crippen LogP contribution in [0.15, 0.2) is 12.3 Å². The molecular formula is C21H29N3O4. The van der Waals surface area contributed by atoms with Gasteiger partial charge < -0.3 is 19.7 Å². The SMILES string of the molecule is COc1cnc(C)cc1C(=O)N1CCO[C@@H]2CC[C@H](C(=O)NC3CCC3)C[C@H]21. The van der Waals surface area contributed by atoms with Crippen LogP contribution in [-0.2, 0) is 9.53 Å². The fraction of sp³-hybridized carbons (Fsp3) is 0.667. The van der Waals surface area contributed by atoms with Crippen molar-refractivity contribution in [1.29, 1.82) is 0 Å². The predicted molar refractivity (Wildman–Crippen MR) is 103 cm³/mol. The number of aryl methyl sites for hydroxylation is 1. The average Bonchev–Trinajstić information content (AvgIpc) is 2.69. The molecule has 2 heterocycles. The van der Waals surface area contributed by atoms with Gasteiger partial charge in [0.15, 0.2) is 0 Å². The van der Waals surface area contributed by atoms with Gasteiger partial charge in [0.1, 0.15) is 5.75 Å². The first-order valence-corrected chi connectivity index (χ1v) is 10.3. The van der Waals surface area contributed by atoms with E-state index in [0.717, 1.165) is 31.4 Å². The van der Waals surface area contributed by atoms with Gasteiger partial charge in [0.2, 0.25) is 5.91 Å². The number of fused-ring (bicyclic) bond motifs is 1. The van der Waals surface area contributed by atoms with E-state index < -0.39 is 0 Å². The number of ether oxygens (including phenoxy) is 2. The zero-order chi connectivity index (χ0) is 19.7. The van der Waals surface area contributed by atoms with Crippen molar-refractivity contribution in [2.75, 3.05) is 20.3 Å². The van der Waals surface area contributed by atoms with Gasteiger partial charge in [-0.05, 0) is 51.5 Å². The van der Waals surface area contributed by atoms with Crippen LogP contribution < -0.4 is 10.1 Å². The second kappa shape index (κ2) is 8.07. The maximum Gasteiger partial charge on any atom is 0.258 e. The van der Waals surface area contributed by atoms with Gasteiger partial charge in [0.25, 0.3) is 5.91 Å². The Morgan fingerprint density at radius 2 is 2.11 bits per heavy atom. The quantitative estimate of drug-likeness (QED) is 0.856. The van der Waals surface area contributed by atoms with E-state index in [1.807, 2.05) is 11.8 Å². The molecule has 0 radical (unpaired) electrons. The van der Waals surface area contributed by atoms with Crippen molar-refractivity contribution >= 4 is 11.8 Å². The normalized spacial score (nSPS) is 27.5. The Morgan fingerprint density at radius 1 is 1.29 bits per heavy atom. The molecule has 1 N–H and O–H groups in total. The van der Waals surface area contributed by atoms with E-state index in [0.29, 0.717) is 36.9 Å². The minimum atomic E-state index is -0.0784. The van der Waals surface area contributed by atoms with Crippen LogP contribution in [0.25, 0.3) is 0 Å². The molecule has 7 heteroatoms. The molecule has 2 saturated carbocycles. The lowest BCUT2D eigenvalue weighted by Gasteiger charge is -2.46. The molecule has 1 saturated heterocycles. The van der Waals surface area contributed by atoms with Gasteiger partial charge in [0, 0.05) is 24.2 Å². The molecule has 7 nitrogen and oxygen atoms in total. The van der Waals surface area contributed by atoms with Crippen LogP contribution >= 0.6 is 0 Å². The highest BCUT2D eigenvalue weighted by Crippen LogP contribution is 2.34. The average molecular weight is 387 g/mol. The van der Waals surface area contributed by atoms with Gasteiger partial charge in [-0.15, -0.1) is 0 Å². The van der Waals surface area contributed by atoms with Crippen molar-refractivity contribution in [2.24, 2.45) is 5.92 Å². The molecule has 0 aromatic carbocycles. The topological polar surface area (TPSA) is 80.8 Å². The summed E-state index contributed by atoms with van der Waals surface area (Å²) in [7, 11) is 1.55. The molecule has 1 aliphatic heterocycles. The summed E-state index contributed by atoms with van der Waals surface area (Å²) in [5.74, 6) is 0.493. The highest BCUT2D eigenvalue weighted by molar-refractivity contribution is 5.97. The van der Waals surface area contributed by atoms with Crippen LogP contribution in [-0.4, -0.2) is 60.1 Å². The number of pyridine rings is 1. The van der Waals surface area contributed by atoms with Crippen molar-refractivity contribution in [3.8, 4) is 5.75 Å². The molecule has 1 aromatic heterocycles. The summed E-state index contributed by atoms with van der Waals surface area (Å²) in [6.45, 7) is 2.92. The Labute approximate surface area is 165 Å². The molecule has 28 heavy (non-hydrogen) atoms. The Balaban J connectivity index is 1.51. The maximum atomic E-state index is 13.4. The molecule has 4 rings (SSSR count). The van der Waals surface area contributed by atoms with Crippen molar-refractivity contribution in [3.63, 3.8) is 0 Å². The second-order valence-corrected chi connectivity index (χ2v) is 8.15. The Bertz CT molecular complexity index is 749. The standard InChI is InChI=1S/C21H29N3O4/c1-13-10-16(19(27-2)12-22-13)21(26)24-8-9-28-18-7-6-14(11-17(18)24)20(25)23-15-4-3-5-15/h10,12,14-15,17-18H,3-9,11H2,1-2H3,(H,23,25)/t14-,17+,18+/m0/s1. The highest BCUT2D eigenvalue weighted by atomic mass is 16.5. The third-order valence-corrected chi connectivity index (χ3v) is 6.36. The zero-order valence-electron chi connectivity index (χ0n) is 16.6. The van der Waals surface area contributed by atoms with E-state index >= 15 is 0 Å². The number of nitrogens with zero attached hydrogens (tertiary/aromatic N) is 2. The summed E-state index contributed by atoms with van der Waals surface area (Å²) in [4.78, 5) is 32.1. The van der Waals surface area contributed by atoms with Crippen molar-refractivity contribution in [1.82, 2.24) is 15.2 Å². The van der Waals surface area contributed by atoms with Gasteiger partial charge in [-0.2, -0.15) is 0 Å². The third-order valence-electron chi connectivity index (χ3n) is 6.36. The van der Waals surface area contributed by atoms with Gasteiger partial charge in [-0.25, -0.2) is 0 Å². The Kier molecular flexibility index (Phi) is 5.53. The number of carbonyl (C=O) groups is 2. The first-order valence-electron chi connectivity index (χ1n) is 10.3. The van der Waals surface area contributed by atoms with Gasteiger partial charge in [0.05, 0.1) is 37.6 Å². The van der Waals surface area contributed by atoms with Crippen LogP contribution in [0.4, 0.5) is 0 Å². The van der Waals surface area contributed by atoms with E-state index in [1.54, 1.807) is 19.4 Å². The number of rotatable bonds is 4. The summed E-state index contributed by atoms with van der Waals surface area (Å²) >= 11 is 0. The molecule has 1 aromatic rings. The van der Waals surface area contributed by atoms with E-state index in [1.165, 1.54) is 6.42 Å². The molecule has 2 aliphatic carbocycles. The molecule has 0 bridgehead atoms. The van der Waals surface area contributed by atoms with Crippen LogP contribution in [0.2, 0.25) is 0 Å². The summed E-state index contributed by atoms with van der Waals surface area (Å²) in [5.41, 5.74) is 1.30. The van der Waals surface area contributed by atoms with Gasteiger partial charge in [-0.1, -0.05) is 0 Å². The minimum Gasteiger partial charge on any atom is -0.494 e. The number of hydrogen-bond donors (Lipinski definition) is 1. The second-order valence-electron chi connectivity index (χ2n) is 8.15. The number of amides is 2. The molecule has 3 atom stereocenters. The largest absolute Gasteiger partial charge is 0.494 e. The number of morpholine rings is 1. The Morgan fingerprint density at radius 3 is 2.82 bits per heavy atom. The lowest BCUT2D eigenvalue weighted by Crippen LogP contribution is -2.57. The monoisotopic (exact) mass is 387 g/mol. The van der Waals surface area contributed by atoms with Crippen LogP contribution in [0.3, 0.4) is 0 Å². The van der Waals surface area contributed by atoms with Gasteiger partial charge >= 0.3 is 0 Å². The van der Waals surface area contributed by atoms with Crippen LogP contribution in [0.1, 0.15) is 54.6 Å². The number of hydrogen-bond acceptors (Lipinski definition) is 5. The number of aromatic nitrogens is 1. The minimum absolute atomic E-state index is 0.000572. The van der Waals surface area contributed by atoms with Gasteiger partial charge in [-0.3, -0.25) is 14.6 Å². The first-order chi connectivity index (χ1) is 13.6. The van der Waals surface area contributed by atoms with E-state index in [9.17, 15) is 9.59 Å².